The summed E-state index contributed by atoms with van der Waals surface area (Å²) in [5.74, 6) is 1.54. The topological polar surface area (TPSA) is 72.9 Å². The first kappa shape index (κ1) is 23.8. The number of carbonyl (C=O) groups excluding carboxylic acids is 2. The first-order valence-corrected chi connectivity index (χ1v) is 10.0. The van der Waals surface area contributed by atoms with Crippen molar-refractivity contribution in [2.45, 2.75) is 41.2 Å². The third-order valence-corrected chi connectivity index (χ3v) is 4.70. The van der Waals surface area contributed by atoms with Crippen molar-refractivity contribution in [3.63, 3.8) is 0 Å². The largest absolute Gasteiger partial charge is 0.350 e. The average Bonchev–Trinajstić information content (AvgIpc) is 2.62. The monoisotopic (exact) mass is 392 g/mol. The van der Waals surface area contributed by atoms with E-state index in [4.69, 9.17) is 0 Å². The summed E-state index contributed by atoms with van der Waals surface area (Å²) in [4.78, 5) is 41.1. The van der Waals surface area contributed by atoms with Gasteiger partial charge in [-0.1, -0.05) is 0 Å². The number of carbonyl (C=O) groups is 2. The van der Waals surface area contributed by atoms with Crippen LogP contribution in [0.15, 0.2) is 6.07 Å². The number of anilines is 1. The lowest BCUT2D eigenvalue weighted by molar-refractivity contribution is -0.132. The van der Waals surface area contributed by atoms with Gasteiger partial charge in [0.15, 0.2) is 0 Å². The molecule has 0 N–H and O–H groups in total. The fourth-order valence-electron chi connectivity index (χ4n) is 3.04. The van der Waals surface area contributed by atoms with E-state index in [2.05, 4.69) is 9.97 Å². The Morgan fingerprint density at radius 1 is 0.857 bits per heavy atom. The van der Waals surface area contributed by atoms with Crippen molar-refractivity contribution in [3.05, 3.63) is 17.6 Å². The predicted molar refractivity (Wildman–Crippen MR) is 112 cm³/mol. The summed E-state index contributed by atoms with van der Waals surface area (Å²) < 4.78 is 0. The molecule has 1 rings (SSSR count). The Balaban J connectivity index is 2.81. The van der Waals surface area contributed by atoms with Crippen LogP contribution in [0.25, 0.3) is 0 Å². The van der Waals surface area contributed by atoms with E-state index in [1.54, 1.807) is 4.90 Å². The standard InChI is InChI=1S/C20H36N6O2/c1-8-25(9-2)19(27)14-23(6)13-17-21-16(5)12-18(22-17)24(7)15-20(28)26(10-3)11-4/h12H,8-11,13-15H2,1-7H3. The molecule has 0 atom stereocenters. The predicted octanol–water partition coefficient (Wildman–Crippen LogP) is 1.39. The lowest BCUT2D eigenvalue weighted by Crippen LogP contribution is -2.39. The highest BCUT2D eigenvalue weighted by molar-refractivity contribution is 5.81. The molecule has 0 aliphatic carbocycles. The number of likely N-dealkylation sites (N-methyl/N-ethyl adjacent to an activating group) is 4. The van der Waals surface area contributed by atoms with Gasteiger partial charge in [0.1, 0.15) is 11.6 Å². The van der Waals surface area contributed by atoms with Gasteiger partial charge in [0.25, 0.3) is 0 Å². The summed E-state index contributed by atoms with van der Waals surface area (Å²) in [6.45, 7) is 13.7. The van der Waals surface area contributed by atoms with Crippen LogP contribution in [0.1, 0.15) is 39.2 Å². The van der Waals surface area contributed by atoms with E-state index in [-0.39, 0.29) is 18.4 Å². The Morgan fingerprint density at radius 2 is 1.36 bits per heavy atom. The normalized spacial score (nSPS) is 10.9. The van der Waals surface area contributed by atoms with Gasteiger partial charge in [-0.25, -0.2) is 9.97 Å². The molecule has 0 spiro atoms. The molecule has 8 heteroatoms. The molecule has 0 saturated carbocycles. The molecular formula is C20H36N6O2. The second kappa shape index (κ2) is 11.6. The van der Waals surface area contributed by atoms with Crippen molar-refractivity contribution in [1.29, 1.82) is 0 Å². The zero-order valence-corrected chi connectivity index (χ0v) is 18.5. The summed E-state index contributed by atoms with van der Waals surface area (Å²) in [6, 6.07) is 1.88. The molecule has 2 amide bonds. The second-order valence-electron chi connectivity index (χ2n) is 6.94. The van der Waals surface area contributed by atoms with E-state index < -0.39 is 0 Å². The number of hydrogen-bond donors (Lipinski definition) is 0. The number of amides is 2. The Labute approximate surface area is 169 Å². The van der Waals surface area contributed by atoms with Crippen LogP contribution < -0.4 is 4.90 Å². The van der Waals surface area contributed by atoms with Gasteiger partial charge in [0, 0.05) is 45.0 Å². The highest BCUT2D eigenvalue weighted by Gasteiger charge is 2.17. The van der Waals surface area contributed by atoms with Crippen LogP contribution in [0.3, 0.4) is 0 Å². The number of nitrogens with zero attached hydrogens (tertiary/aromatic N) is 6. The van der Waals surface area contributed by atoms with E-state index in [1.807, 2.05) is 69.5 Å². The molecule has 0 saturated heterocycles. The van der Waals surface area contributed by atoms with E-state index in [0.29, 0.717) is 50.9 Å². The minimum absolute atomic E-state index is 0.0762. The number of aromatic nitrogens is 2. The quantitative estimate of drug-likeness (QED) is 0.567. The number of aryl methyl sites for hydroxylation is 1. The summed E-state index contributed by atoms with van der Waals surface area (Å²) in [6.07, 6.45) is 0. The maximum atomic E-state index is 12.4. The second-order valence-corrected chi connectivity index (χ2v) is 6.94. The van der Waals surface area contributed by atoms with Crippen LogP contribution in [0.5, 0.6) is 0 Å². The molecule has 0 aliphatic heterocycles. The van der Waals surface area contributed by atoms with E-state index in [9.17, 15) is 9.59 Å². The summed E-state index contributed by atoms with van der Waals surface area (Å²) in [5.41, 5.74) is 0.839. The van der Waals surface area contributed by atoms with Crippen molar-refractivity contribution in [2.75, 3.05) is 58.3 Å². The van der Waals surface area contributed by atoms with E-state index >= 15 is 0 Å². The van der Waals surface area contributed by atoms with Gasteiger partial charge >= 0.3 is 0 Å². The van der Waals surface area contributed by atoms with Gasteiger partial charge in [-0.15, -0.1) is 0 Å². The smallest absolute Gasteiger partial charge is 0.242 e. The minimum atomic E-state index is 0.0762. The number of hydrogen-bond acceptors (Lipinski definition) is 6. The maximum absolute atomic E-state index is 12.4. The van der Waals surface area contributed by atoms with Crippen LogP contribution in [-0.2, 0) is 16.1 Å². The number of rotatable bonds is 11. The first-order valence-electron chi connectivity index (χ1n) is 10.0. The van der Waals surface area contributed by atoms with Gasteiger partial charge in [0.05, 0.1) is 19.6 Å². The molecule has 0 aromatic carbocycles. The Kier molecular flexibility index (Phi) is 9.85. The third-order valence-electron chi connectivity index (χ3n) is 4.70. The Hall–Kier alpha value is -2.22. The van der Waals surface area contributed by atoms with Gasteiger partial charge in [-0.2, -0.15) is 0 Å². The van der Waals surface area contributed by atoms with E-state index in [0.717, 1.165) is 5.69 Å². The van der Waals surface area contributed by atoms with Gasteiger partial charge in [-0.05, 0) is 41.7 Å². The molecule has 0 bridgehead atoms. The van der Waals surface area contributed by atoms with Crippen molar-refractivity contribution < 1.29 is 9.59 Å². The van der Waals surface area contributed by atoms with Crippen LogP contribution in [0.4, 0.5) is 5.82 Å². The van der Waals surface area contributed by atoms with Crippen molar-refractivity contribution in [3.8, 4) is 0 Å². The van der Waals surface area contributed by atoms with Crippen LogP contribution >= 0.6 is 0 Å². The summed E-state index contributed by atoms with van der Waals surface area (Å²) in [5, 5.41) is 0. The van der Waals surface area contributed by atoms with Crippen molar-refractivity contribution >= 4 is 17.6 Å². The van der Waals surface area contributed by atoms with Crippen LogP contribution in [0, 0.1) is 6.92 Å². The fourth-order valence-corrected chi connectivity index (χ4v) is 3.04. The van der Waals surface area contributed by atoms with Crippen molar-refractivity contribution in [1.82, 2.24) is 24.7 Å². The maximum Gasteiger partial charge on any atom is 0.242 e. The molecule has 1 heterocycles. The Morgan fingerprint density at radius 3 is 1.86 bits per heavy atom. The van der Waals surface area contributed by atoms with Crippen LogP contribution in [-0.4, -0.2) is 89.8 Å². The Bertz CT molecular complexity index is 644. The van der Waals surface area contributed by atoms with Gasteiger partial charge in [0.2, 0.25) is 11.8 Å². The highest BCUT2D eigenvalue weighted by Crippen LogP contribution is 2.12. The molecule has 8 nitrogen and oxygen atoms in total. The molecule has 0 aliphatic rings. The molecule has 0 fully saturated rings. The molecule has 0 unspecified atom stereocenters. The zero-order valence-electron chi connectivity index (χ0n) is 18.5. The molecule has 0 radical (unpaired) electrons. The SMILES string of the molecule is CCN(CC)C(=O)CN(C)Cc1nc(C)cc(N(C)CC(=O)N(CC)CC)n1. The summed E-state index contributed by atoms with van der Waals surface area (Å²) in [7, 11) is 3.75. The first-order chi connectivity index (χ1) is 13.2. The molecule has 158 valence electrons. The summed E-state index contributed by atoms with van der Waals surface area (Å²) >= 11 is 0. The molecular weight excluding hydrogens is 356 g/mol. The van der Waals surface area contributed by atoms with E-state index in [1.165, 1.54) is 0 Å². The lowest BCUT2D eigenvalue weighted by Gasteiger charge is -2.25. The fraction of sp³-hybridized carbons (Fsp3) is 0.700. The lowest BCUT2D eigenvalue weighted by atomic mass is 10.3. The third kappa shape index (κ3) is 7.07. The average molecular weight is 393 g/mol. The molecule has 1 aromatic heterocycles. The highest BCUT2D eigenvalue weighted by atomic mass is 16.2. The van der Waals surface area contributed by atoms with Crippen molar-refractivity contribution in [2.24, 2.45) is 0 Å². The zero-order chi connectivity index (χ0) is 21.3. The molecule has 1 aromatic rings. The van der Waals surface area contributed by atoms with Gasteiger partial charge < -0.3 is 14.7 Å². The minimum Gasteiger partial charge on any atom is -0.350 e. The van der Waals surface area contributed by atoms with Gasteiger partial charge in [-0.3, -0.25) is 14.5 Å². The van der Waals surface area contributed by atoms with Crippen LogP contribution in [0.2, 0.25) is 0 Å². The molecule has 28 heavy (non-hydrogen) atoms.